The minimum absolute atomic E-state index is 0.0460. The van der Waals surface area contributed by atoms with E-state index in [0.717, 1.165) is 12.8 Å². The van der Waals surface area contributed by atoms with Gasteiger partial charge in [0.25, 0.3) is 0 Å². The average molecular weight is 198 g/mol. The zero-order valence-corrected chi connectivity index (χ0v) is 9.64. The summed E-state index contributed by atoms with van der Waals surface area (Å²) < 4.78 is 5.40. The molecule has 2 unspecified atom stereocenters. The fourth-order valence-electron chi connectivity index (χ4n) is 2.20. The quantitative estimate of drug-likeness (QED) is 0.650. The van der Waals surface area contributed by atoms with E-state index in [1.807, 2.05) is 6.92 Å². The normalized spacial score (nSPS) is 32.6. The van der Waals surface area contributed by atoms with Crippen molar-refractivity contribution in [3.63, 3.8) is 0 Å². The molecule has 0 radical (unpaired) electrons. The zero-order chi connectivity index (χ0) is 10.6. The van der Waals surface area contributed by atoms with Gasteiger partial charge in [0.15, 0.2) is 0 Å². The molecule has 0 spiro atoms. The van der Waals surface area contributed by atoms with Crippen LogP contribution in [0, 0.1) is 5.41 Å². The van der Waals surface area contributed by atoms with Crippen LogP contribution in [-0.4, -0.2) is 12.1 Å². The second-order valence-electron chi connectivity index (χ2n) is 4.73. The van der Waals surface area contributed by atoms with Crippen molar-refractivity contribution in [2.45, 2.75) is 65.4 Å². The minimum Gasteiger partial charge on any atom is -0.462 e. The first kappa shape index (κ1) is 11.5. The number of ether oxygens (including phenoxy) is 1. The van der Waals surface area contributed by atoms with E-state index < -0.39 is 0 Å². The number of hydrogen-bond acceptors (Lipinski definition) is 2. The largest absolute Gasteiger partial charge is 0.462 e. The van der Waals surface area contributed by atoms with Crippen LogP contribution in [0.4, 0.5) is 0 Å². The van der Waals surface area contributed by atoms with E-state index >= 15 is 0 Å². The maximum Gasteiger partial charge on any atom is 0.305 e. The van der Waals surface area contributed by atoms with Gasteiger partial charge in [0.05, 0.1) is 0 Å². The van der Waals surface area contributed by atoms with Gasteiger partial charge in [-0.15, -0.1) is 0 Å². The van der Waals surface area contributed by atoms with Gasteiger partial charge < -0.3 is 4.74 Å². The smallest absolute Gasteiger partial charge is 0.305 e. The molecule has 0 aromatic rings. The van der Waals surface area contributed by atoms with Crippen LogP contribution in [0.5, 0.6) is 0 Å². The number of hydrogen-bond donors (Lipinski definition) is 0. The first-order chi connectivity index (χ1) is 6.59. The molecule has 0 amide bonds. The van der Waals surface area contributed by atoms with Gasteiger partial charge in [-0.05, 0) is 31.1 Å². The van der Waals surface area contributed by atoms with Crippen LogP contribution < -0.4 is 0 Å². The van der Waals surface area contributed by atoms with Crippen molar-refractivity contribution >= 4 is 5.97 Å². The molecule has 2 heteroatoms. The molecule has 1 saturated carbocycles. The minimum atomic E-state index is -0.0460. The zero-order valence-electron chi connectivity index (χ0n) is 9.64. The lowest BCUT2D eigenvalue weighted by Crippen LogP contribution is -2.31. The van der Waals surface area contributed by atoms with E-state index in [2.05, 4.69) is 13.8 Å². The van der Waals surface area contributed by atoms with Gasteiger partial charge in [0.1, 0.15) is 6.10 Å². The van der Waals surface area contributed by atoms with Crippen LogP contribution in [0.15, 0.2) is 0 Å². The second kappa shape index (κ2) is 4.81. The summed E-state index contributed by atoms with van der Waals surface area (Å²) >= 11 is 0. The third-order valence-electron chi connectivity index (χ3n) is 3.47. The predicted octanol–water partition coefficient (Wildman–Crippen LogP) is 3.30. The molecule has 2 atom stereocenters. The van der Waals surface area contributed by atoms with Crippen molar-refractivity contribution in [3.8, 4) is 0 Å². The molecular formula is C12H22O2. The number of carbonyl (C=O) groups excluding carboxylic acids is 1. The highest BCUT2D eigenvalue weighted by Crippen LogP contribution is 2.39. The van der Waals surface area contributed by atoms with Crippen molar-refractivity contribution in [3.05, 3.63) is 0 Å². The van der Waals surface area contributed by atoms with E-state index in [4.69, 9.17) is 4.74 Å². The molecule has 1 fully saturated rings. The molecule has 0 saturated heterocycles. The Morgan fingerprint density at radius 3 is 2.79 bits per heavy atom. The third kappa shape index (κ3) is 3.00. The van der Waals surface area contributed by atoms with Crippen molar-refractivity contribution < 1.29 is 9.53 Å². The number of esters is 1. The number of carbonyl (C=O) groups is 1. The van der Waals surface area contributed by atoms with Gasteiger partial charge in [-0.1, -0.05) is 27.2 Å². The summed E-state index contributed by atoms with van der Waals surface area (Å²) in [6.07, 6.45) is 6.46. The standard InChI is InChI=1S/C12H22O2/c1-4-11(13)14-10-7-6-8-12(3,5-2)9-10/h10H,4-9H2,1-3H3. The summed E-state index contributed by atoms with van der Waals surface area (Å²) in [5.41, 5.74) is 0.400. The highest BCUT2D eigenvalue weighted by molar-refractivity contribution is 5.69. The van der Waals surface area contributed by atoms with Crippen molar-refractivity contribution in [2.24, 2.45) is 5.41 Å². The second-order valence-corrected chi connectivity index (χ2v) is 4.73. The molecule has 1 rings (SSSR count). The van der Waals surface area contributed by atoms with Gasteiger partial charge in [-0.2, -0.15) is 0 Å². The number of rotatable bonds is 3. The van der Waals surface area contributed by atoms with Crippen LogP contribution in [0.25, 0.3) is 0 Å². The Morgan fingerprint density at radius 2 is 2.21 bits per heavy atom. The fourth-order valence-corrected chi connectivity index (χ4v) is 2.20. The summed E-state index contributed by atoms with van der Waals surface area (Å²) in [5, 5.41) is 0. The first-order valence-corrected chi connectivity index (χ1v) is 5.79. The Labute approximate surface area is 87.0 Å². The Morgan fingerprint density at radius 1 is 1.50 bits per heavy atom. The summed E-state index contributed by atoms with van der Waals surface area (Å²) in [5.74, 6) is -0.0460. The summed E-state index contributed by atoms with van der Waals surface area (Å²) in [6.45, 7) is 6.38. The Kier molecular flexibility index (Phi) is 3.97. The van der Waals surface area contributed by atoms with E-state index in [-0.39, 0.29) is 12.1 Å². The lowest BCUT2D eigenvalue weighted by Gasteiger charge is -2.37. The third-order valence-corrected chi connectivity index (χ3v) is 3.47. The highest BCUT2D eigenvalue weighted by Gasteiger charge is 2.32. The molecule has 0 aliphatic heterocycles. The first-order valence-electron chi connectivity index (χ1n) is 5.79. The predicted molar refractivity (Wildman–Crippen MR) is 57.0 cm³/mol. The fraction of sp³-hybridized carbons (Fsp3) is 0.917. The summed E-state index contributed by atoms with van der Waals surface area (Å²) in [4.78, 5) is 11.2. The SMILES string of the molecule is CCC(=O)OC1CCCC(C)(CC)C1. The van der Waals surface area contributed by atoms with Crippen LogP contribution in [-0.2, 0) is 9.53 Å². The topological polar surface area (TPSA) is 26.3 Å². The average Bonchev–Trinajstić information content (AvgIpc) is 2.18. The van der Waals surface area contributed by atoms with Crippen molar-refractivity contribution in [2.75, 3.05) is 0 Å². The Balaban J connectivity index is 2.44. The molecule has 0 aromatic carbocycles. The van der Waals surface area contributed by atoms with Gasteiger partial charge in [0, 0.05) is 6.42 Å². The van der Waals surface area contributed by atoms with E-state index in [1.54, 1.807) is 0 Å². The molecule has 14 heavy (non-hydrogen) atoms. The molecule has 1 aliphatic rings. The van der Waals surface area contributed by atoms with Crippen LogP contribution in [0.2, 0.25) is 0 Å². The maximum absolute atomic E-state index is 11.2. The van der Waals surface area contributed by atoms with Crippen LogP contribution in [0.1, 0.15) is 59.3 Å². The van der Waals surface area contributed by atoms with Crippen LogP contribution >= 0.6 is 0 Å². The Hall–Kier alpha value is -0.530. The molecule has 0 heterocycles. The molecule has 1 aliphatic carbocycles. The molecule has 0 bridgehead atoms. The van der Waals surface area contributed by atoms with E-state index in [9.17, 15) is 4.79 Å². The van der Waals surface area contributed by atoms with Gasteiger partial charge in [-0.25, -0.2) is 0 Å². The molecular weight excluding hydrogens is 176 g/mol. The maximum atomic E-state index is 11.2. The van der Waals surface area contributed by atoms with Crippen LogP contribution in [0.3, 0.4) is 0 Å². The van der Waals surface area contributed by atoms with Gasteiger partial charge in [0.2, 0.25) is 0 Å². The van der Waals surface area contributed by atoms with Gasteiger partial charge >= 0.3 is 5.97 Å². The molecule has 0 aromatic heterocycles. The van der Waals surface area contributed by atoms with Gasteiger partial charge in [-0.3, -0.25) is 4.79 Å². The molecule has 82 valence electrons. The lowest BCUT2D eigenvalue weighted by atomic mass is 9.73. The lowest BCUT2D eigenvalue weighted by molar-refractivity contribution is -0.152. The van der Waals surface area contributed by atoms with Crippen molar-refractivity contribution in [1.82, 2.24) is 0 Å². The highest BCUT2D eigenvalue weighted by atomic mass is 16.5. The summed E-state index contributed by atoms with van der Waals surface area (Å²) in [7, 11) is 0. The summed E-state index contributed by atoms with van der Waals surface area (Å²) in [6, 6.07) is 0. The monoisotopic (exact) mass is 198 g/mol. The molecule has 0 N–H and O–H groups in total. The molecule has 2 nitrogen and oxygen atoms in total. The van der Waals surface area contributed by atoms with E-state index in [0.29, 0.717) is 11.8 Å². The van der Waals surface area contributed by atoms with Crippen molar-refractivity contribution in [1.29, 1.82) is 0 Å². The Bertz CT molecular complexity index is 200. The van der Waals surface area contributed by atoms with E-state index in [1.165, 1.54) is 19.3 Å².